The number of rotatable bonds is 7. The number of amides is 1. The van der Waals surface area contributed by atoms with Crippen molar-refractivity contribution in [3.05, 3.63) is 0 Å². The Kier molecular flexibility index (Phi) is 8.93. The van der Waals surface area contributed by atoms with E-state index >= 15 is 0 Å². The van der Waals surface area contributed by atoms with E-state index in [1.165, 1.54) is 25.7 Å². The van der Waals surface area contributed by atoms with Crippen molar-refractivity contribution in [1.29, 1.82) is 0 Å². The van der Waals surface area contributed by atoms with E-state index in [9.17, 15) is 13.2 Å². The molecule has 146 valence electrons. The lowest BCUT2D eigenvalue weighted by atomic mass is 9.67. The highest BCUT2D eigenvalue weighted by atomic mass is 127. The molecule has 0 aromatic rings. The Hall–Kier alpha value is -0.580. The Morgan fingerprint density at radius 3 is 2.48 bits per heavy atom. The van der Waals surface area contributed by atoms with Crippen LogP contribution in [0.4, 0.5) is 0 Å². The van der Waals surface area contributed by atoms with Crippen molar-refractivity contribution in [2.45, 2.75) is 51.5 Å². The van der Waals surface area contributed by atoms with E-state index in [4.69, 9.17) is 0 Å². The minimum absolute atomic E-state index is 0. The van der Waals surface area contributed by atoms with Crippen molar-refractivity contribution in [2.75, 3.05) is 31.6 Å². The maximum atomic E-state index is 11.9. The van der Waals surface area contributed by atoms with Gasteiger partial charge in [-0.25, -0.2) is 8.42 Å². The van der Waals surface area contributed by atoms with Gasteiger partial charge in [0, 0.05) is 32.6 Å². The van der Waals surface area contributed by atoms with Gasteiger partial charge in [-0.1, -0.05) is 13.3 Å². The largest absolute Gasteiger partial charge is 0.356 e. The van der Waals surface area contributed by atoms with E-state index < -0.39 is 9.84 Å². The third-order valence-electron chi connectivity index (χ3n) is 5.26. The highest BCUT2D eigenvalue weighted by molar-refractivity contribution is 14.0. The van der Waals surface area contributed by atoms with Crippen LogP contribution in [0.5, 0.6) is 0 Å². The fraction of sp³-hybridized carbons (Fsp3) is 0.875. The summed E-state index contributed by atoms with van der Waals surface area (Å²) in [5.74, 6) is 0.829. The minimum Gasteiger partial charge on any atom is -0.356 e. The number of carbonyl (C=O) groups is 1. The molecule has 0 spiro atoms. The van der Waals surface area contributed by atoms with Crippen molar-refractivity contribution in [3.63, 3.8) is 0 Å². The summed E-state index contributed by atoms with van der Waals surface area (Å²) in [5.41, 5.74) is 0.406. The predicted octanol–water partition coefficient (Wildman–Crippen LogP) is 1.04. The smallest absolute Gasteiger partial charge is 0.222 e. The fourth-order valence-electron chi connectivity index (χ4n) is 3.33. The summed E-state index contributed by atoms with van der Waals surface area (Å²) in [4.78, 5) is 16.1. The SMILES string of the molecule is CCC1(CNC(=NC)NCCC(=O)NC2CCS(=O)(=O)C2)CCC1.I. The zero-order valence-electron chi connectivity index (χ0n) is 15.1. The summed E-state index contributed by atoms with van der Waals surface area (Å²) in [6, 6.07) is -0.233. The van der Waals surface area contributed by atoms with E-state index in [-0.39, 0.29) is 47.4 Å². The Balaban J connectivity index is 0.00000312. The lowest BCUT2D eigenvalue weighted by Gasteiger charge is -2.41. The molecule has 1 atom stereocenters. The first-order valence-electron chi connectivity index (χ1n) is 8.82. The molecule has 1 saturated carbocycles. The topological polar surface area (TPSA) is 99.7 Å². The van der Waals surface area contributed by atoms with Gasteiger partial charge < -0.3 is 16.0 Å². The zero-order valence-corrected chi connectivity index (χ0v) is 18.3. The number of nitrogens with zero attached hydrogens (tertiary/aromatic N) is 1. The first-order valence-corrected chi connectivity index (χ1v) is 10.6. The predicted molar refractivity (Wildman–Crippen MR) is 111 cm³/mol. The van der Waals surface area contributed by atoms with E-state index in [2.05, 4.69) is 27.9 Å². The average Bonchev–Trinajstić information content (AvgIpc) is 2.83. The highest BCUT2D eigenvalue weighted by Gasteiger charge is 2.35. The van der Waals surface area contributed by atoms with Crippen molar-refractivity contribution in [3.8, 4) is 0 Å². The number of aliphatic imine (C=N–C) groups is 1. The molecule has 2 rings (SSSR count). The van der Waals surface area contributed by atoms with Crippen LogP contribution in [0.2, 0.25) is 0 Å². The molecule has 0 aromatic carbocycles. The Bertz CT molecular complexity index is 570. The zero-order chi connectivity index (χ0) is 17.6. The molecule has 0 aromatic heterocycles. The summed E-state index contributed by atoms with van der Waals surface area (Å²) in [6.07, 6.45) is 5.82. The van der Waals surface area contributed by atoms with Crippen molar-refractivity contribution in [2.24, 2.45) is 10.4 Å². The molecule has 9 heteroatoms. The summed E-state index contributed by atoms with van der Waals surface area (Å²) < 4.78 is 22.8. The number of sulfone groups is 1. The van der Waals surface area contributed by atoms with Crippen LogP contribution in [0.1, 0.15) is 45.4 Å². The third-order valence-corrected chi connectivity index (χ3v) is 7.03. The van der Waals surface area contributed by atoms with Crippen LogP contribution in [-0.4, -0.2) is 58.0 Å². The molecule has 3 N–H and O–H groups in total. The molecule has 1 aliphatic carbocycles. The third kappa shape index (κ3) is 6.92. The maximum Gasteiger partial charge on any atom is 0.222 e. The van der Waals surface area contributed by atoms with Crippen molar-refractivity contribution >= 4 is 45.7 Å². The lowest BCUT2D eigenvalue weighted by Crippen LogP contribution is -2.47. The van der Waals surface area contributed by atoms with E-state index in [0.29, 0.717) is 30.8 Å². The number of halogens is 1. The van der Waals surface area contributed by atoms with Crippen molar-refractivity contribution in [1.82, 2.24) is 16.0 Å². The van der Waals surface area contributed by atoms with Crippen LogP contribution in [0.3, 0.4) is 0 Å². The second kappa shape index (κ2) is 9.94. The molecule has 1 saturated heterocycles. The van der Waals surface area contributed by atoms with Crippen LogP contribution in [0, 0.1) is 5.41 Å². The van der Waals surface area contributed by atoms with E-state index in [0.717, 1.165) is 6.54 Å². The van der Waals surface area contributed by atoms with Gasteiger partial charge in [0.25, 0.3) is 0 Å². The molecule has 2 fully saturated rings. The molecular weight excluding hydrogens is 455 g/mol. The molecule has 2 aliphatic rings. The summed E-state index contributed by atoms with van der Waals surface area (Å²) in [6.45, 7) is 3.62. The standard InChI is InChI=1S/C16H30N4O3S.HI/c1-3-16(7-4-8-16)12-19-15(17-2)18-9-5-14(21)20-13-6-10-24(22,23)11-13;/h13H,3-12H2,1-2H3,(H,20,21)(H2,17,18,19);1H. The van der Waals surface area contributed by atoms with Crippen LogP contribution in [0.25, 0.3) is 0 Å². The first kappa shape index (κ1) is 22.5. The van der Waals surface area contributed by atoms with Crippen LogP contribution in [-0.2, 0) is 14.6 Å². The van der Waals surface area contributed by atoms with Gasteiger partial charge in [0.1, 0.15) is 0 Å². The van der Waals surface area contributed by atoms with E-state index in [1.807, 2.05) is 0 Å². The number of hydrogen-bond acceptors (Lipinski definition) is 4. The minimum atomic E-state index is -2.96. The second-order valence-corrected chi connectivity index (χ2v) is 9.21. The van der Waals surface area contributed by atoms with Gasteiger partial charge in [0.2, 0.25) is 5.91 Å². The quantitative estimate of drug-likeness (QED) is 0.284. The normalized spacial score (nSPS) is 23.9. The Labute approximate surface area is 168 Å². The van der Waals surface area contributed by atoms with E-state index in [1.54, 1.807) is 7.05 Å². The second-order valence-electron chi connectivity index (χ2n) is 6.98. The number of hydrogen-bond donors (Lipinski definition) is 3. The van der Waals surface area contributed by atoms with Gasteiger partial charge in [-0.3, -0.25) is 9.79 Å². The Morgan fingerprint density at radius 2 is 2.00 bits per heavy atom. The first-order chi connectivity index (χ1) is 11.4. The number of guanidine groups is 1. The summed E-state index contributed by atoms with van der Waals surface area (Å²) >= 11 is 0. The summed E-state index contributed by atoms with van der Waals surface area (Å²) in [5, 5.41) is 9.29. The van der Waals surface area contributed by atoms with Gasteiger partial charge in [0.15, 0.2) is 15.8 Å². The lowest BCUT2D eigenvalue weighted by molar-refractivity contribution is -0.121. The maximum absolute atomic E-state index is 11.9. The fourth-order valence-corrected chi connectivity index (χ4v) is 5.00. The molecule has 1 aliphatic heterocycles. The molecule has 25 heavy (non-hydrogen) atoms. The monoisotopic (exact) mass is 486 g/mol. The van der Waals surface area contributed by atoms with Crippen molar-refractivity contribution < 1.29 is 13.2 Å². The van der Waals surface area contributed by atoms with Gasteiger partial charge in [-0.15, -0.1) is 24.0 Å². The molecule has 1 amide bonds. The average molecular weight is 486 g/mol. The van der Waals surface area contributed by atoms with Gasteiger partial charge in [-0.2, -0.15) is 0 Å². The number of carbonyl (C=O) groups excluding carboxylic acids is 1. The molecule has 0 bridgehead atoms. The van der Waals surface area contributed by atoms with Gasteiger partial charge >= 0.3 is 0 Å². The van der Waals surface area contributed by atoms with Crippen LogP contribution < -0.4 is 16.0 Å². The Morgan fingerprint density at radius 1 is 1.28 bits per heavy atom. The van der Waals surface area contributed by atoms with Crippen LogP contribution >= 0.6 is 24.0 Å². The molecule has 1 unspecified atom stereocenters. The van der Waals surface area contributed by atoms with Gasteiger partial charge in [0.05, 0.1) is 11.5 Å². The summed E-state index contributed by atoms with van der Waals surface area (Å²) in [7, 11) is -1.24. The molecule has 1 heterocycles. The molecule has 0 radical (unpaired) electrons. The van der Waals surface area contributed by atoms with Gasteiger partial charge in [-0.05, 0) is 31.1 Å². The molecular formula is C16H31IN4O3S. The number of nitrogens with one attached hydrogen (secondary N) is 3. The molecule has 7 nitrogen and oxygen atoms in total. The highest BCUT2D eigenvalue weighted by Crippen LogP contribution is 2.42. The van der Waals surface area contributed by atoms with Crippen LogP contribution in [0.15, 0.2) is 4.99 Å².